The van der Waals surface area contributed by atoms with E-state index in [0.29, 0.717) is 29.7 Å². The highest BCUT2D eigenvalue weighted by molar-refractivity contribution is 6.32. The summed E-state index contributed by atoms with van der Waals surface area (Å²) in [5.74, 6) is 0.405. The lowest BCUT2D eigenvalue weighted by Crippen LogP contribution is -2.31. The Morgan fingerprint density at radius 3 is 2.83 bits per heavy atom. The van der Waals surface area contributed by atoms with Crippen molar-refractivity contribution < 1.29 is 19.0 Å². The first-order valence-corrected chi connectivity index (χ1v) is 10.6. The highest BCUT2D eigenvalue weighted by Crippen LogP contribution is 2.27. The first kappa shape index (κ1) is 22.4. The van der Waals surface area contributed by atoms with Crippen LogP contribution in [0.25, 0.3) is 0 Å². The number of ether oxygens (including phenoxy) is 3. The largest absolute Gasteiger partial charge is 0.495 e. The van der Waals surface area contributed by atoms with E-state index in [-0.39, 0.29) is 12.0 Å². The molecule has 3 rings (SSSR count). The molecule has 0 aromatic heterocycles. The molecule has 1 heterocycles. The van der Waals surface area contributed by atoms with Gasteiger partial charge in [0.2, 0.25) is 5.91 Å². The zero-order valence-electron chi connectivity index (χ0n) is 17.4. The van der Waals surface area contributed by atoms with Gasteiger partial charge in [0.05, 0.1) is 31.5 Å². The van der Waals surface area contributed by atoms with Crippen molar-refractivity contribution in [2.45, 2.75) is 44.9 Å². The molecule has 1 aliphatic heterocycles. The zero-order chi connectivity index (χ0) is 21.3. The van der Waals surface area contributed by atoms with Gasteiger partial charge in [-0.2, -0.15) is 0 Å². The van der Waals surface area contributed by atoms with Crippen LogP contribution in [0.5, 0.6) is 5.75 Å². The molecule has 1 fully saturated rings. The Morgan fingerprint density at radius 1 is 1.23 bits per heavy atom. The second-order valence-electron chi connectivity index (χ2n) is 7.41. The fourth-order valence-corrected chi connectivity index (χ4v) is 3.57. The highest BCUT2D eigenvalue weighted by Gasteiger charge is 2.15. The maximum atomic E-state index is 12.5. The summed E-state index contributed by atoms with van der Waals surface area (Å²) in [6.45, 7) is 3.77. The lowest BCUT2D eigenvalue weighted by atomic mass is 10.1. The molecule has 0 radical (unpaired) electrons. The number of nitrogens with one attached hydrogen (secondary N) is 2. The molecule has 2 aromatic rings. The second kappa shape index (κ2) is 11.2. The Balaban J connectivity index is 1.49. The van der Waals surface area contributed by atoms with Crippen LogP contribution in [0, 0.1) is 0 Å². The molecule has 0 aliphatic carbocycles. The van der Waals surface area contributed by atoms with E-state index < -0.39 is 6.04 Å². The van der Waals surface area contributed by atoms with E-state index in [4.69, 9.17) is 25.8 Å². The van der Waals surface area contributed by atoms with Crippen LogP contribution < -0.4 is 15.4 Å². The van der Waals surface area contributed by atoms with Crippen LogP contribution in [0.1, 0.15) is 31.7 Å². The molecular weight excluding hydrogens is 404 g/mol. The van der Waals surface area contributed by atoms with Gasteiger partial charge in [0, 0.05) is 18.0 Å². The first-order chi connectivity index (χ1) is 14.5. The van der Waals surface area contributed by atoms with Gasteiger partial charge in [0.15, 0.2) is 0 Å². The van der Waals surface area contributed by atoms with E-state index in [2.05, 4.69) is 10.6 Å². The van der Waals surface area contributed by atoms with Gasteiger partial charge in [-0.05, 0) is 62.1 Å². The number of anilines is 2. The number of hydrogen-bond acceptors (Lipinski definition) is 5. The molecule has 2 atom stereocenters. The quantitative estimate of drug-likeness (QED) is 0.591. The van der Waals surface area contributed by atoms with Crippen molar-refractivity contribution in [1.29, 1.82) is 0 Å². The molecule has 0 spiro atoms. The third-order valence-corrected chi connectivity index (χ3v) is 5.26. The minimum absolute atomic E-state index is 0.160. The van der Waals surface area contributed by atoms with E-state index in [1.807, 2.05) is 31.2 Å². The van der Waals surface area contributed by atoms with Gasteiger partial charge < -0.3 is 24.8 Å². The Kier molecular flexibility index (Phi) is 8.37. The molecule has 162 valence electrons. The number of hydrogen-bond donors (Lipinski definition) is 2. The summed E-state index contributed by atoms with van der Waals surface area (Å²) in [6, 6.07) is 12.6. The minimum Gasteiger partial charge on any atom is -0.495 e. The summed E-state index contributed by atoms with van der Waals surface area (Å²) in [6.07, 6.45) is 3.61. The summed E-state index contributed by atoms with van der Waals surface area (Å²) in [4.78, 5) is 12.5. The minimum atomic E-state index is -0.433. The molecule has 1 saturated heterocycles. The normalized spacial score (nSPS) is 17.2. The summed E-state index contributed by atoms with van der Waals surface area (Å²) in [7, 11) is 1.55. The molecule has 2 unspecified atom stereocenters. The highest BCUT2D eigenvalue weighted by atomic mass is 35.5. The van der Waals surface area contributed by atoms with Gasteiger partial charge in [0.25, 0.3) is 0 Å². The summed E-state index contributed by atoms with van der Waals surface area (Å²) in [5.41, 5.74) is 2.53. The zero-order valence-corrected chi connectivity index (χ0v) is 18.2. The lowest BCUT2D eigenvalue weighted by Gasteiger charge is -2.22. The Labute approximate surface area is 182 Å². The lowest BCUT2D eigenvalue weighted by molar-refractivity contribution is -0.116. The van der Waals surface area contributed by atoms with Gasteiger partial charge in [-0.1, -0.05) is 23.7 Å². The summed E-state index contributed by atoms with van der Waals surface area (Å²) < 4.78 is 16.6. The number of carbonyl (C=O) groups is 1. The third-order valence-electron chi connectivity index (χ3n) is 4.97. The third kappa shape index (κ3) is 6.62. The van der Waals surface area contributed by atoms with Gasteiger partial charge in [-0.25, -0.2) is 0 Å². The van der Waals surface area contributed by atoms with Crippen molar-refractivity contribution >= 4 is 28.9 Å². The maximum Gasteiger partial charge on any atom is 0.246 e. The van der Waals surface area contributed by atoms with Crippen LogP contribution in [0.2, 0.25) is 5.02 Å². The number of benzene rings is 2. The van der Waals surface area contributed by atoms with Crippen molar-refractivity contribution in [2.75, 3.05) is 31.0 Å². The van der Waals surface area contributed by atoms with Crippen molar-refractivity contribution in [3.05, 3.63) is 53.1 Å². The molecule has 7 heteroatoms. The average molecular weight is 433 g/mol. The number of methoxy groups -OCH3 is 1. The number of carbonyl (C=O) groups excluding carboxylic acids is 1. The number of amides is 1. The molecule has 6 nitrogen and oxygen atoms in total. The summed E-state index contributed by atoms with van der Waals surface area (Å²) in [5, 5.41) is 6.54. The van der Waals surface area contributed by atoms with Crippen LogP contribution in [-0.4, -0.2) is 38.4 Å². The van der Waals surface area contributed by atoms with Gasteiger partial charge >= 0.3 is 0 Å². The SMILES string of the molecule is COc1ccc(NC(=O)C(C)Nc2cccc(COCC3CCCCO3)c2)cc1Cl. The molecule has 1 aliphatic rings. The Bertz CT molecular complexity index is 840. The van der Waals surface area contributed by atoms with E-state index in [9.17, 15) is 4.79 Å². The average Bonchev–Trinajstić information content (AvgIpc) is 2.75. The second-order valence-corrected chi connectivity index (χ2v) is 7.82. The number of rotatable bonds is 9. The van der Waals surface area contributed by atoms with Gasteiger partial charge in [-0.3, -0.25) is 4.79 Å². The standard InChI is InChI=1S/C23H29ClN2O4/c1-16(23(27)26-19-9-10-22(28-2)21(24)13-19)25-18-7-5-6-17(12-18)14-29-15-20-8-3-4-11-30-20/h5-7,9-10,12-13,16,20,25H,3-4,8,11,14-15H2,1-2H3,(H,26,27). The summed E-state index contributed by atoms with van der Waals surface area (Å²) >= 11 is 6.12. The van der Waals surface area contributed by atoms with E-state index in [1.54, 1.807) is 25.3 Å². The molecule has 2 N–H and O–H groups in total. The first-order valence-electron chi connectivity index (χ1n) is 10.2. The maximum absolute atomic E-state index is 12.5. The molecule has 1 amide bonds. The predicted octanol–water partition coefficient (Wildman–Crippen LogP) is 4.87. The Morgan fingerprint density at radius 2 is 2.10 bits per heavy atom. The van der Waals surface area contributed by atoms with E-state index in [0.717, 1.165) is 30.7 Å². The van der Waals surface area contributed by atoms with Gasteiger partial charge in [0.1, 0.15) is 11.8 Å². The van der Waals surface area contributed by atoms with Crippen molar-refractivity contribution in [3.8, 4) is 5.75 Å². The van der Waals surface area contributed by atoms with Crippen LogP contribution in [-0.2, 0) is 20.9 Å². The number of halogens is 1. The van der Waals surface area contributed by atoms with Gasteiger partial charge in [-0.15, -0.1) is 0 Å². The van der Waals surface area contributed by atoms with Crippen LogP contribution in [0.3, 0.4) is 0 Å². The van der Waals surface area contributed by atoms with Crippen molar-refractivity contribution in [2.24, 2.45) is 0 Å². The Hall–Kier alpha value is -2.28. The van der Waals surface area contributed by atoms with E-state index in [1.165, 1.54) is 6.42 Å². The van der Waals surface area contributed by atoms with Crippen molar-refractivity contribution in [1.82, 2.24) is 0 Å². The topological polar surface area (TPSA) is 68.8 Å². The molecular formula is C23H29ClN2O4. The fourth-order valence-electron chi connectivity index (χ4n) is 3.31. The fraction of sp³-hybridized carbons (Fsp3) is 0.435. The molecule has 0 saturated carbocycles. The van der Waals surface area contributed by atoms with Crippen LogP contribution >= 0.6 is 11.6 Å². The molecule has 0 bridgehead atoms. The van der Waals surface area contributed by atoms with E-state index >= 15 is 0 Å². The molecule has 30 heavy (non-hydrogen) atoms. The van der Waals surface area contributed by atoms with Crippen LogP contribution in [0.4, 0.5) is 11.4 Å². The predicted molar refractivity (Wildman–Crippen MR) is 119 cm³/mol. The van der Waals surface area contributed by atoms with Crippen LogP contribution in [0.15, 0.2) is 42.5 Å². The molecule has 2 aromatic carbocycles. The van der Waals surface area contributed by atoms with Crippen molar-refractivity contribution in [3.63, 3.8) is 0 Å². The smallest absolute Gasteiger partial charge is 0.246 e. The monoisotopic (exact) mass is 432 g/mol.